The number of nitrogens with one attached hydrogen (secondary N) is 1. The van der Waals surface area contributed by atoms with Gasteiger partial charge in [0.2, 0.25) is 5.95 Å². The van der Waals surface area contributed by atoms with Crippen LogP contribution in [0.15, 0.2) is 4.79 Å². The fourth-order valence-electron chi connectivity index (χ4n) is 1.70. The topological polar surface area (TPSA) is 71.1 Å². The van der Waals surface area contributed by atoms with Gasteiger partial charge >= 0.3 is 11.7 Å². The van der Waals surface area contributed by atoms with Gasteiger partial charge in [-0.25, -0.2) is 4.79 Å². The average molecular weight is 210 g/mol. The molecule has 6 heteroatoms. The lowest BCUT2D eigenvalue weighted by Crippen LogP contribution is -2.33. The van der Waals surface area contributed by atoms with E-state index in [9.17, 15) is 4.79 Å². The number of methoxy groups -OCH3 is 1. The maximum atomic E-state index is 11.2. The maximum Gasteiger partial charge on any atom is 0.352 e. The molecule has 0 aliphatic carbocycles. The summed E-state index contributed by atoms with van der Waals surface area (Å²) in [5.41, 5.74) is -0.414. The molecule has 0 radical (unpaired) electrons. The standard InChI is InChI=1S/C9H14N4O2/c1-15-9-11-7(10-8(14)12-9)13-5-3-2-4-6-13/h2-6H2,1H3,(H,10,11,12,14). The molecule has 2 heterocycles. The van der Waals surface area contributed by atoms with Crippen LogP contribution in [0.3, 0.4) is 0 Å². The van der Waals surface area contributed by atoms with E-state index in [1.54, 1.807) is 0 Å². The molecule has 1 aliphatic heterocycles. The highest BCUT2D eigenvalue weighted by Gasteiger charge is 2.14. The summed E-state index contributed by atoms with van der Waals surface area (Å²) in [6, 6.07) is 0.124. The number of ether oxygens (including phenoxy) is 1. The van der Waals surface area contributed by atoms with Crippen LogP contribution in [0.1, 0.15) is 19.3 Å². The smallest absolute Gasteiger partial charge is 0.352 e. The van der Waals surface area contributed by atoms with Gasteiger partial charge in [-0.2, -0.15) is 4.98 Å². The summed E-state index contributed by atoms with van der Waals surface area (Å²) in [5, 5.41) is 0. The third-order valence-corrected chi connectivity index (χ3v) is 2.46. The number of anilines is 1. The lowest BCUT2D eigenvalue weighted by Gasteiger charge is -2.26. The fraction of sp³-hybridized carbons (Fsp3) is 0.667. The molecule has 2 rings (SSSR count). The first kappa shape index (κ1) is 9.95. The summed E-state index contributed by atoms with van der Waals surface area (Å²) in [7, 11) is 1.45. The highest BCUT2D eigenvalue weighted by molar-refractivity contribution is 5.29. The van der Waals surface area contributed by atoms with Crippen LogP contribution >= 0.6 is 0 Å². The third kappa shape index (κ3) is 2.26. The number of hydrogen-bond donors (Lipinski definition) is 1. The van der Waals surface area contributed by atoms with Crippen LogP contribution in [0.4, 0.5) is 5.95 Å². The van der Waals surface area contributed by atoms with E-state index in [4.69, 9.17) is 4.74 Å². The van der Waals surface area contributed by atoms with Crippen LogP contribution in [0.5, 0.6) is 6.01 Å². The first-order valence-corrected chi connectivity index (χ1v) is 5.07. The van der Waals surface area contributed by atoms with Gasteiger partial charge in [-0.15, -0.1) is 4.98 Å². The molecule has 0 atom stereocenters. The molecular formula is C9H14N4O2. The zero-order chi connectivity index (χ0) is 10.7. The number of aromatic amines is 1. The van der Waals surface area contributed by atoms with Crippen molar-refractivity contribution in [3.05, 3.63) is 10.5 Å². The number of piperidine rings is 1. The van der Waals surface area contributed by atoms with Gasteiger partial charge in [-0.1, -0.05) is 0 Å². The van der Waals surface area contributed by atoms with E-state index in [0.717, 1.165) is 25.9 Å². The van der Waals surface area contributed by atoms with Gasteiger partial charge in [-0.05, 0) is 19.3 Å². The molecule has 0 amide bonds. The number of H-pyrrole nitrogens is 1. The number of aromatic nitrogens is 3. The molecule has 0 saturated carbocycles. The fourth-order valence-corrected chi connectivity index (χ4v) is 1.70. The molecule has 0 aromatic carbocycles. The van der Waals surface area contributed by atoms with Crippen molar-refractivity contribution in [2.75, 3.05) is 25.1 Å². The Labute approximate surface area is 87.3 Å². The Morgan fingerprint density at radius 3 is 2.67 bits per heavy atom. The Morgan fingerprint density at radius 2 is 2.00 bits per heavy atom. The lowest BCUT2D eigenvalue weighted by molar-refractivity contribution is 0.375. The molecule has 1 saturated heterocycles. The van der Waals surface area contributed by atoms with Crippen molar-refractivity contribution >= 4 is 5.95 Å². The second-order valence-corrected chi connectivity index (χ2v) is 3.51. The van der Waals surface area contributed by atoms with E-state index in [2.05, 4.69) is 19.9 Å². The van der Waals surface area contributed by atoms with Crippen molar-refractivity contribution in [1.82, 2.24) is 15.0 Å². The predicted molar refractivity (Wildman–Crippen MR) is 55.3 cm³/mol. The first-order valence-electron chi connectivity index (χ1n) is 5.07. The van der Waals surface area contributed by atoms with Crippen LogP contribution < -0.4 is 15.3 Å². The Morgan fingerprint density at radius 1 is 1.27 bits per heavy atom. The van der Waals surface area contributed by atoms with E-state index in [-0.39, 0.29) is 6.01 Å². The number of nitrogens with zero attached hydrogens (tertiary/aromatic N) is 3. The van der Waals surface area contributed by atoms with Crippen LogP contribution in [-0.4, -0.2) is 35.2 Å². The zero-order valence-electron chi connectivity index (χ0n) is 8.69. The molecule has 1 aromatic heterocycles. The van der Waals surface area contributed by atoms with E-state index < -0.39 is 5.69 Å². The molecule has 1 aromatic rings. The van der Waals surface area contributed by atoms with E-state index in [1.807, 2.05) is 0 Å². The van der Waals surface area contributed by atoms with Crippen molar-refractivity contribution in [2.24, 2.45) is 0 Å². The molecule has 1 aliphatic rings. The monoisotopic (exact) mass is 210 g/mol. The van der Waals surface area contributed by atoms with Gasteiger partial charge in [0.05, 0.1) is 7.11 Å². The minimum absolute atomic E-state index is 0.124. The van der Waals surface area contributed by atoms with Crippen LogP contribution in [-0.2, 0) is 0 Å². The summed E-state index contributed by atoms with van der Waals surface area (Å²) >= 11 is 0. The molecule has 0 bridgehead atoms. The summed E-state index contributed by atoms with van der Waals surface area (Å²) in [6.45, 7) is 1.85. The third-order valence-electron chi connectivity index (χ3n) is 2.46. The molecule has 0 unspecified atom stereocenters. The van der Waals surface area contributed by atoms with Crippen molar-refractivity contribution in [3.63, 3.8) is 0 Å². The van der Waals surface area contributed by atoms with Gasteiger partial charge in [0.15, 0.2) is 0 Å². The highest BCUT2D eigenvalue weighted by atomic mass is 16.5. The van der Waals surface area contributed by atoms with E-state index in [0.29, 0.717) is 5.95 Å². The Balaban J connectivity index is 2.26. The van der Waals surface area contributed by atoms with Crippen LogP contribution in [0.25, 0.3) is 0 Å². The molecule has 1 fully saturated rings. The Kier molecular flexibility index (Phi) is 2.84. The van der Waals surface area contributed by atoms with Gasteiger partial charge in [0, 0.05) is 13.1 Å². The second-order valence-electron chi connectivity index (χ2n) is 3.51. The van der Waals surface area contributed by atoms with Crippen molar-refractivity contribution in [2.45, 2.75) is 19.3 Å². The molecule has 0 spiro atoms. The lowest BCUT2D eigenvalue weighted by atomic mass is 10.1. The van der Waals surface area contributed by atoms with Gasteiger partial charge in [0.25, 0.3) is 0 Å². The van der Waals surface area contributed by atoms with Gasteiger partial charge < -0.3 is 9.64 Å². The van der Waals surface area contributed by atoms with Crippen LogP contribution in [0.2, 0.25) is 0 Å². The van der Waals surface area contributed by atoms with Crippen LogP contribution in [0, 0.1) is 0 Å². The van der Waals surface area contributed by atoms with Crippen molar-refractivity contribution in [3.8, 4) is 6.01 Å². The largest absolute Gasteiger partial charge is 0.467 e. The van der Waals surface area contributed by atoms with Gasteiger partial charge in [-0.3, -0.25) is 4.98 Å². The van der Waals surface area contributed by atoms with Crippen molar-refractivity contribution in [1.29, 1.82) is 0 Å². The molecular weight excluding hydrogens is 196 g/mol. The second kappa shape index (κ2) is 4.29. The summed E-state index contributed by atoms with van der Waals surface area (Å²) in [6.07, 6.45) is 3.51. The molecule has 15 heavy (non-hydrogen) atoms. The summed E-state index contributed by atoms with van der Waals surface area (Å²) in [5.74, 6) is 0.562. The van der Waals surface area contributed by atoms with E-state index >= 15 is 0 Å². The average Bonchev–Trinajstić information content (AvgIpc) is 2.29. The first-order chi connectivity index (χ1) is 7.29. The SMILES string of the molecule is COc1nc(N2CCCCC2)[nH]c(=O)n1. The molecule has 82 valence electrons. The van der Waals surface area contributed by atoms with Gasteiger partial charge in [0.1, 0.15) is 0 Å². The predicted octanol–water partition coefficient (Wildman–Crippen LogP) is 0.164. The van der Waals surface area contributed by atoms with E-state index in [1.165, 1.54) is 13.5 Å². The minimum Gasteiger partial charge on any atom is -0.467 e. The maximum absolute atomic E-state index is 11.2. The quantitative estimate of drug-likeness (QED) is 0.753. The number of rotatable bonds is 2. The summed E-state index contributed by atoms with van der Waals surface area (Å²) in [4.78, 5) is 23.6. The summed E-state index contributed by atoms with van der Waals surface area (Å²) < 4.78 is 4.86. The minimum atomic E-state index is -0.414. The Bertz CT molecular complexity index is 384. The normalized spacial score (nSPS) is 16.5. The zero-order valence-corrected chi connectivity index (χ0v) is 8.69. The highest BCUT2D eigenvalue weighted by Crippen LogP contribution is 2.14. The van der Waals surface area contributed by atoms with Crippen molar-refractivity contribution < 1.29 is 4.74 Å². The molecule has 6 nitrogen and oxygen atoms in total. The number of hydrogen-bond acceptors (Lipinski definition) is 5. The Hall–Kier alpha value is -1.59. The molecule has 1 N–H and O–H groups in total.